The number of benzene rings is 2. The molecule has 28 heavy (non-hydrogen) atoms. The van der Waals surface area contributed by atoms with Crippen molar-refractivity contribution in [3.05, 3.63) is 68.7 Å². The van der Waals surface area contributed by atoms with Gasteiger partial charge in [0.1, 0.15) is 10.8 Å². The second-order valence-corrected chi connectivity index (χ2v) is 5.81. The van der Waals surface area contributed by atoms with E-state index in [1.54, 1.807) is 24.3 Å². The predicted octanol–water partition coefficient (Wildman–Crippen LogP) is 2.53. The van der Waals surface area contributed by atoms with Crippen molar-refractivity contribution in [2.24, 2.45) is 5.10 Å². The Morgan fingerprint density at radius 3 is 2.61 bits per heavy atom. The van der Waals surface area contributed by atoms with Crippen LogP contribution in [-0.4, -0.2) is 36.1 Å². The fraction of sp³-hybridized carbons (Fsp3) is 0.167. The summed E-state index contributed by atoms with van der Waals surface area (Å²) >= 11 is 5.72. The first-order valence-corrected chi connectivity index (χ1v) is 8.55. The van der Waals surface area contributed by atoms with Gasteiger partial charge in [-0.15, -0.1) is 0 Å². The molecule has 2 N–H and O–H groups in total. The second-order valence-electron chi connectivity index (χ2n) is 5.40. The zero-order valence-corrected chi connectivity index (χ0v) is 15.6. The molecule has 0 heterocycles. The molecular formula is C18H17ClN4O5. The van der Waals surface area contributed by atoms with Gasteiger partial charge in [0.25, 0.3) is 17.5 Å². The molecular weight excluding hydrogens is 388 g/mol. The van der Waals surface area contributed by atoms with Crippen molar-refractivity contribution in [2.45, 2.75) is 6.92 Å². The van der Waals surface area contributed by atoms with Gasteiger partial charge in [0.05, 0.1) is 24.3 Å². The standard InChI is InChI=1S/C18H17ClN4O5/c1-2-28-14-6-4-13(5-7-14)18(25)20-11-17(24)22-21-10-12-3-8-15(19)16(9-12)23(26)27/h3-10H,2,11H2,1H3,(H,20,25)(H,22,24)/b21-10-. The van der Waals surface area contributed by atoms with Crippen LogP contribution in [-0.2, 0) is 4.79 Å². The Morgan fingerprint density at radius 1 is 1.25 bits per heavy atom. The topological polar surface area (TPSA) is 123 Å². The highest BCUT2D eigenvalue weighted by Crippen LogP contribution is 2.24. The number of halogens is 1. The van der Waals surface area contributed by atoms with Gasteiger partial charge in [0, 0.05) is 17.2 Å². The minimum absolute atomic E-state index is 0.00295. The van der Waals surface area contributed by atoms with E-state index in [0.29, 0.717) is 23.5 Å². The van der Waals surface area contributed by atoms with Gasteiger partial charge in [0.15, 0.2) is 0 Å². The zero-order valence-electron chi connectivity index (χ0n) is 14.8. The average molecular weight is 405 g/mol. The Labute approximate surface area is 165 Å². The minimum atomic E-state index is -0.616. The molecule has 0 fully saturated rings. The number of amides is 2. The molecule has 0 aliphatic carbocycles. The Hall–Kier alpha value is -3.46. The molecule has 0 spiro atoms. The molecule has 9 nitrogen and oxygen atoms in total. The second kappa shape index (κ2) is 10.0. The van der Waals surface area contributed by atoms with E-state index in [2.05, 4.69) is 15.8 Å². The van der Waals surface area contributed by atoms with Gasteiger partial charge in [-0.25, -0.2) is 5.43 Å². The van der Waals surface area contributed by atoms with Crippen molar-refractivity contribution in [3.63, 3.8) is 0 Å². The van der Waals surface area contributed by atoms with Crippen LogP contribution < -0.4 is 15.5 Å². The van der Waals surface area contributed by atoms with Crippen LogP contribution >= 0.6 is 11.6 Å². The number of nitro benzene ring substituents is 1. The van der Waals surface area contributed by atoms with E-state index in [4.69, 9.17) is 16.3 Å². The largest absolute Gasteiger partial charge is 0.494 e. The van der Waals surface area contributed by atoms with Crippen LogP contribution in [0.1, 0.15) is 22.8 Å². The van der Waals surface area contributed by atoms with Gasteiger partial charge < -0.3 is 10.1 Å². The number of nitrogens with one attached hydrogen (secondary N) is 2. The number of hydrazone groups is 1. The molecule has 2 amide bonds. The maximum atomic E-state index is 12.0. The lowest BCUT2D eigenvalue weighted by Crippen LogP contribution is -2.34. The number of ether oxygens (including phenoxy) is 1. The van der Waals surface area contributed by atoms with E-state index in [1.165, 1.54) is 24.4 Å². The Bertz CT molecular complexity index is 899. The molecule has 0 aliphatic rings. The van der Waals surface area contributed by atoms with Gasteiger partial charge in [-0.1, -0.05) is 17.7 Å². The highest BCUT2D eigenvalue weighted by molar-refractivity contribution is 6.32. The van der Waals surface area contributed by atoms with Crippen molar-refractivity contribution in [1.29, 1.82) is 0 Å². The lowest BCUT2D eigenvalue weighted by atomic mass is 10.2. The van der Waals surface area contributed by atoms with E-state index in [0.717, 1.165) is 0 Å². The quantitative estimate of drug-likeness (QED) is 0.397. The van der Waals surface area contributed by atoms with Crippen LogP contribution in [0.2, 0.25) is 5.02 Å². The van der Waals surface area contributed by atoms with Crippen molar-refractivity contribution in [1.82, 2.24) is 10.7 Å². The smallest absolute Gasteiger partial charge is 0.288 e. The predicted molar refractivity (Wildman–Crippen MR) is 104 cm³/mol. The number of rotatable bonds is 8. The van der Waals surface area contributed by atoms with Crippen LogP contribution in [0.15, 0.2) is 47.6 Å². The summed E-state index contributed by atoms with van der Waals surface area (Å²) in [6.45, 7) is 2.09. The van der Waals surface area contributed by atoms with Crippen molar-refractivity contribution < 1.29 is 19.2 Å². The van der Waals surface area contributed by atoms with Crippen molar-refractivity contribution in [2.75, 3.05) is 13.2 Å². The summed E-state index contributed by atoms with van der Waals surface area (Å²) in [5, 5.41) is 17.0. The number of hydrogen-bond donors (Lipinski definition) is 2. The molecule has 2 aromatic rings. The normalized spacial score (nSPS) is 10.5. The van der Waals surface area contributed by atoms with Crippen LogP contribution in [0.5, 0.6) is 5.75 Å². The summed E-state index contributed by atoms with van der Waals surface area (Å²) in [4.78, 5) is 34.0. The fourth-order valence-electron chi connectivity index (χ4n) is 2.10. The lowest BCUT2D eigenvalue weighted by Gasteiger charge is -2.06. The van der Waals surface area contributed by atoms with Crippen molar-refractivity contribution >= 4 is 35.3 Å². The SMILES string of the molecule is CCOc1ccc(C(=O)NCC(=O)N/N=C\c2ccc(Cl)c([N+](=O)[O-])c2)cc1. The first-order chi connectivity index (χ1) is 13.4. The molecule has 0 radical (unpaired) electrons. The van der Waals surface area contributed by atoms with E-state index < -0.39 is 16.7 Å². The lowest BCUT2D eigenvalue weighted by molar-refractivity contribution is -0.384. The number of nitrogens with zero attached hydrogens (tertiary/aromatic N) is 2. The molecule has 2 aromatic carbocycles. The van der Waals surface area contributed by atoms with E-state index in [-0.39, 0.29) is 17.3 Å². The van der Waals surface area contributed by atoms with E-state index in [1.807, 2.05) is 6.92 Å². The van der Waals surface area contributed by atoms with E-state index >= 15 is 0 Å². The summed E-state index contributed by atoms with van der Waals surface area (Å²) in [6, 6.07) is 10.6. The highest BCUT2D eigenvalue weighted by Gasteiger charge is 2.12. The first-order valence-electron chi connectivity index (χ1n) is 8.17. The third-order valence-electron chi connectivity index (χ3n) is 3.41. The molecule has 0 aliphatic heterocycles. The number of nitro groups is 1. The van der Waals surface area contributed by atoms with Gasteiger partial charge in [0.2, 0.25) is 0 Å². The van der Waals surface area contributed by atoms with Gasteiger partial charge in [-0.2, -0.15) is 5.10 Å². The number of carbonyl (C=O) groups excluding carboxylic acids is 2. The zero-order chi connectivity index (χ0) is 20.5. The maximum absolute atomic E-state index is 12.0. The van der Waals surface area contributed by atoms with E-state index in [9.17, 15) is 19.7 Å². The van der Waals surface area contributed by atoms with Crippen LogP contribution in [0.4, 0.5) is 5.69 Å². The number of carbonyl (C=O) groups is 2. The monoisotopic (exact) mass is 404 g/mol. The number of hydrogen-bond acceptors (Lipinski definition) is 6. The third-order valence-corrected chi connectivity index (χ3v) is 3.73. The van der Waals surface area contributed by atoms with Gasteiger partial charge >= 0.3 is 0 Å². The Kier molecular flexibility index (Phi) is 7.46. The summed E-state index contributed by atoms with van der Waals surface area (Å²) in [5.74, 6) is -0.330. The van der Waals surface area contributed by atoms with Gasteiger partial charge in [-0.05, 0) is 37.3 Å². The highest BCUT2D eigenvalue weighted by atomic mass is 35.5. The molecule has 0 aromatic heterocycles. The van der Waals surface area contributed by atoms with Crippen LogP contribution in [0.3, 0.4) is 0 Å². The molecule has 0 saturated heterocycles. The fourth-order valence-corrected chi connectivity index (χ4v) is 2.29. The summed E-state index contributed by atoms with van der Waals surface area (Å²) in [7, 11) is 0. The average Bonchev–Trinajstić information content (AvgIpc) is 2.68. The summed E-state index contributed by atoms with van der Waals surface area (Å²) in [5.41, 5.74) is 2.72. The Balaban J connectivity index is 1.84. The molecule has 0 atom stereocenters. The summed E-state index contributed by atoms with van der Waals surface area (Å²) < 4.78 is 5.29. The molecule has 10 heteroatoms. The molecule has 0 saturated carbocycles. The minimum Gasteiger partial charge on any atom is -0.494 e. The molecule has 2 rings (SSSR count). The first kappa shape index (κ1) is 20.8. The molecule has 0 unspecified atom stereocenters. The van der Waals surface area contributed by atoms with Crippen LogP contribution in [0.25, 0.3) is 0 Å². The third kappa shape index (κ3) is 6.06. The van der Waals surface area contributed by atoms with Gasteiger partial charge in [-0.3, -0.25) is 19.7 Å². The molecule has 0 bridgehead atoms. The van der Waals surface area contributed by atoms with Crippen LogP contribution in [0, 0.1) is 10.1 Å². The van der Waals surface area contributed by atoms with Crippen molar-refractivity contribution in [3.8, 4) is 5.75 Å². The Morgan fingerprint density at radius 2 is 1.96 bits per heavy atom. The maximum Gasteiger partial charge on any atom is 0.288 e. The summed E-state index contributed by atoms with van der Waals surface area (Å²) in [6.07, 6.45) is 1.23. The molecule has 146 valence electrons.